The van der Waals surface area contributed by atoms with Crippen LogP contribution in [-0.2, 0) is 14.3 Å². The smallest absolute Gasteiger partial charge is 0.325 e. The van der Waals surface area contributed by atoms with Crippen molar-refractivity contribution in [2.75, 3.05) is 19.8 Å². The predicted molar refractivity (Wildman–Crippen MR) is 32.1 cm³/mol. The van der Waals surface area contributed by atoms with Gasteiger partial charge in [-0.05, 0) is 0 Å². The van der Waals surface area contributed by atoms with Crippen molar-refractivity contribution in [2.24, 2.45) is 0 Å². The van der Waals surface area contributed by atoms with Gasteiger partial charge >= 0.3 is 5.97 Å². The minimum Gasteiger partial charge on any atom is -0.462 e. The van der Waals surface area contributed by atoms with Gasteiger partial charge in [-0.25, -0.2) is 0 Å². The van der Waals surface area contributed by atoms with Gasteiger partial charge in [0.2, 0.25) is 6.41 Å². The molecule has 0 unspecified atom stereocenters. The molecule has 0 aliphatic carbocycles. The number of nitrogens with one attached hydrogen (secondary N) is 1. The molecule has 0 aromatic rings. The number of carbonyl (C=O) groups excluding carboxylic acids is 2. The quantitative estimate of drug-likeness (QED) is 0.358. The number of carbonyl (C=O) groups is 2. The summed E-state index contributed by atoms with van der Waals surface area (Å²) in [6.07, 6.45) is 0.403. The maximum atomic E-state index is 10.4. The van der Waals surface area contributed by atoms with Gasteiger partial charge < -0.3 is 15.2 Å². The fourth-order valence-corrected chi connectivity index (χ4v) is 0.336. The molecule has 0 radical (unpaired) electrons. The summed E-state index contributed by atoms with van der Waals surface area (Å²) in [5.41, 5.74) is 0. The third kappa shape index (κ3) is 5.04. The Bertz CT molecular complexity index is 114. The van der Waals surface area contributed by atoms with E-state index < -0.39 is 5.97 Å². The first kappa shape index (κ1) is 8.90. The summed E-state index contributed by atoms with van der Waals surface area (Å²) in [6, 6.07) is 0. The van der Waals surface area contributed by atoms with Crippen LogP contribution in [-0.4, -0.2) is 37.2 Å². The van der Waals surface area contributed by atoms with E-state index in [1.807, 2.05) is 0 Å². The van der Waals surface area contributed by atoms with E-state index in [1.54, 1.807) is 0 Å². The van der Waals surface area contributed by atoms with Crippen molar-refractivity contribution in [3.8, 4) is 0 Å². The van der Waals surface area contributed by atoms with E-state index in [-0.39, 0.29) is 19.8 Å². The van der Waals surface area contributed by atoms with Gasteiger partial charge in [0, 0.05) is 0 Å². The number of amides is 1. The van der Waals surface area contributed by atoms with E-state index >= 15 is 0 Å². The standard InChI is InChI=1S/C5H9NO4/c7-1-2-10-5(9)3-6-4-8/h4,7H,1-3H2,(H,6,8). The first-order chi connectivity index (χ1) is 4.81. The minimum atomic E-state index is -0.554. The van der Waals surface area contributed by atoms with E-state index in [1.165, 1.54) is 0 Å². The zero-order valence-corrected chi connectivity index (χ0v) is 5.37. The number of esters is 1. The molecular formula is C5H9NO4. The molecule has 2 N–H and O–H groups in total. The second-order valence-electron chi connectivity index (χ2n) is 1.44. The van der Waals surface area contributed by atoms with Crippen molar-refractivity contribution in [2.45, 2.75) is 0 Å². The van der Waals surface area contributed by atoms with Crippen molar-refractivity contribution in [3.63, 3.8) is 0 Å². The summed E-state index contributed by atoms with van der Waals surface area (Å²) in [5.74, 6) is -0.554. The SMILES string of the molecule is O=CNCC(=O)OCCO. The molecule has 0 aliphatic heterocycles. The van der Waals surface area contributed by atoms with Crippen molar-refractivity contribution in [3.05, 3.63) is 0 Å². The highest BCUT2D eigenvalue weighted by Crippen LogP contribution is 1.73. The third-order valence-electron chi connectivity index (χ3n) is 0.684. The van der Waals surface area contributed by atoms with Crippen molar-refractivity contribution in [1.29, 1.82) is 0 Å². The molecule has 0 aromatic carbocycles. The molecule has 0 fully saturated rings. The highest BCUT2D eigenvalue weighted by atomic mass is 16.5. The normalized spacial score (nSPS) is 8.50. The summed E-state index contributed by atoms with van der Waals surface area (Å²) in [6.45, 7) is -0.379. The second kappa shape index (κ2) is 6.03. The molecule has 0 bridgehead atoms. The maximum Gasteiger partial charge on any atom is 0.325 e. The molecule has 10 heavy (non-hydrogen) atoms. The third-order valence-corrected chi connectivity index (χ3v) is 0.684. The number of aliphatic hydroxyl groups is 1. The van der Waals surface area contributed by atoms with Gasteiger partial charge in [0.05, 0.1) is 6.61 Å². The van der Waals surface area contributed by atoms with Gasteiger partial charge in [0.25, 0.3) is 0 Å². The van der Waals surface area contributed by atoms with Crippen molar-refractivity contribution < 1.29 is 19.4 Å². The van der Waals surface area contributed by atoms with Crippen molar-refractivity contribution >= 4 is 12.4 Å². The van der Waals surface area contributed by atoms with Gasteiger partial charge in [0.1, 0.15) is 13.2 Å². The monoisotopic (exact) mass is 147 g/mol. The Morgan fingerprint density at radius 1 is 1.70 bits per heavy atom. The Balaban J connectivity index is 3.16. The number of aliphatic hydroxyl groups excluding tert-OH is 1. The topological polar surface area (TPSA) is 75.6 Å². The molecular weight excluding hydrogens is 138 g/mol. The van der Waals surface area contributed by atoms with Crippen LogP contribution in [0, 0.1) is 0 Å². The number of hydrogen-bond donors (Lipinski definition) is 2. The first-order valence-electron chi connectivity index (χ1n) is 2.74. The van der Waals surface area contributed by atoms with E-state index in [0.29, 0.717) is 6.41 Å². The summed E-state index contributed by atoms with van der Waals surface area (Å²) >= 11 is 0. The van der Waals surface area contributed by atoms with Crippen LogP contribution in [0.4, 0.5) is 0 Å². The summed E-state index contributed by atoms with van der Waals surface area (Å²) < 4.78 is 4.38. The van der Waals surface area contributed by atoms with Crippen LogP contribution in [0.5, 0.6) is 0 Å². The van der Waals surface area contributed by atoms with Crippen LogP contribution in [0.1, 0.15) is 0 Å². The zero-order chi connectivity index (χ0) is 7.82. The van der Waals surface area contributed by atoms with E-state index in [4.69, 9.17) is 5.11 Å². The molecule has 0 aliphatic rings. The molecule has 5 nitrogen and oxygen atoms in total. The number of hydrogen-bond acceptors (Lipinski definition) is 4. The molecule has 58 valence electrons. The van der Waals surface area contributed by atoms with Crippen molar-refractivity contribution in [1.82, 2.24) is 5.32 Å². The zero-order valence-electron chi connectivity index (χ0n) is 5.37. The lowest BCUT2D eigenvalue weighted by Gasteiger charge is -1.99. The molecule has 0 saturated heterocycles. The fraction of sp³-hybridized carbons (Fsp3) is 0.600. The summed E-state index contributed by atoms with van der Waals surface area (Å²) in [7, 11) is 0. The fourth-order valence-electron chi connectivity index (χ4n) is 0.336. The molecule has 0 aromatic heterocycles. The molecule has 0 saturated carbocycles. The lowest BCUT2D eigenvalue weighted by molar-refractivity contribution is -0.144. The molecule has 0 heterocycles. The Kier molecular flexibility index (Phi) is 5.36. The number of rotatable bonds is 5. The lowest BCUT2D eigenvalue weighted by Crippen LogP contribution is -2.24. The highest BCUT2D eigenvalue weighted by Gasteiger charge is 1.98. The molecule has 5 heteroatoms. The summed E-state index contributed by atoms with van der Waals surface area (Å²) in [4.78, 5) is 20.0. The Morgan fingerprint density at radius 2 is 2.40 bits per heavy atom. The van der Waals surface area contributed by atoms with Crippen LogP contribution in [0.15, 0.2) is 0 Å². The lowest BCUT2D eigenvalue weighted by atomic mass is 10.6. The highest BCUT2D eigenvalue weighted by molar-refractivity contribution is 5.73. The van der Waals surface area contributed by atoms with Gasteiger partial charge in [-0.15, -0.1) is 0 Å². The number of ether oxygens (including phenoxy) is 1. The molecule has 1 amide bonds. The van der Waals surface area contributed by atoms with Crippen LogP contribution in [0.25, 0.3) is 0 Å². The largest absolute Gasteiger partial charge is 0.462 e. The van der Waals surface area contributed by atoms with Gasteiger partial charge in [-0.3, -0.25) is 9.59 Å². The molecule has 0 rings (SSSR count). The van der Waals surface area contributed by atoms with Crippen LogP contribution >= 0.6 is 0 Å². The average Bonchev–Trinajstić information content (AvgIpc) is 1.97. The second-order valence-corrected chi connectivity index (χ2v) is 1.44. The van der Waals surface area contributed by atoms with Gasteiger partial charge in [0.15, 0.2) is 0 Å². The Labute approximate surface area is 58.0 Å². The average molecular weight is 147 g/mol. The minimum absolute atomic E-state index is 0.0284. The molecule has 0 atom stereocenters. The Hall–Kier alpha value is -1.10. The first-order valence-corrected chi connectivity index (χ1v) is 2.74. The Morgan fingerprint density at radius 3 is 2.90 bits per heavy atom. The summed E-state index contributed by atoms with van der Waals surface area (Å²) in [5, 5.41) is 10.3. The van der Waals surface area contributed by atoms with E-state index in [0.717, 1.165) is 0 Å². The van der Waals surface area contributed by atoms with Gasteiger partial charge in [-0.1, -0.05) is 0 Å². The van der Waals surface area contributed by atoms with Crippen LogP contribution in [0.3, 0.4) is 0 Å². The van der Waals surface area contributed by atoms with Gasteiger partial charge in [-0.2, -0.15) is 0 Å². The maximum absolute atomic E-state index is 10.4. The van der Waals surface area contributed by atoms with Crippen LogP contribution in [0.2, 0.25) is 0 Å². The van der Waals surface area contributed by atoms with E-state index in [9.17, 15) is 9.59 Å². The van der Waals surface area contributed by atoms with Crippen LogP contribution < -0.4 is 5.32 Å². The molecule has 0 spiro atoms. The van der Waals surface area contributed by atoms with E-state index in [2.05, 4.69) is 10.1 Å². The predicted octanol–water partition coefficient (Wildman–Crippen LogP) is -1.73.